The molecule has 0 saturated heterocycles. The zero-order chi connectivity index (χ0) is 42.5. The first-order chi connectivity index (χ1) is 31.5. The number of hydrogen-bond donors (Lipinski definition) is 0. The Labute approximate surface area is 371 Å². The Morgan fingerprint density at radius 2 is 1.08 bits per heavy atom. The van der Waals surface area contributed by atoms with Gasteiger partial charge in [-0.15, -0.1) is 0 Å². The largest absolute Gasteiger partial charge is 0.455 e. The number of furan rings is 1. The summed E-state index contributed by atoms with van der Waals surface area (Å²) in [4.78, 5) is 2.41. The van der Waals surface area contributed by atoms with Gasteiger partial charge in [-0.2, -0.15) is 0 Å². The van der Waals surface area contributed by atoms with E-state index < -0.39 is 0 Å². The predicted molar refractivity (Wildman–Crippen MR) is 269 cm³/mol. The summed E-state index contributed by atoms with van der Waals surface area (Å²) >= 11 is 0. The van der Waals surface area contributed by atoms with E-state index in [4.69, 9.17) is 4.42 Å². The maximum atomic E-state index is 6.96. The monoisotopic (exact) mass is 818 g/mol. The molecule has 0 saturated carbocycles. The Kier molecular flexibility index (Phi) is 7.95. The molecule has 1 aliphatic rings. The van der Waals surface area contributed by atoms with E-state index in [0.29, 0.717) is 0 Å². The van der Waals surface area contributed by atoms with Crippen LogP contribution in [0.3, 0.4) is 0 Å². The van der Waals surface area contributed by atoms with Crippen molar-refractivity contribution in [3.05, 3.63) is 230 Å². The molecule has 2 aromatic heterocycles. The molecule has 302 valence electrons. The van der Waals surface area contributed by atoms with Gasteiger partial charge in [0.1, 0.15) is 11.2 Å². The van der Waals surface area contributed by atoms with Gasteiger partial charge in [0.05, 0.1) is 16.7 Å². The van der Waals surface area contributed by atoms with Crippen LogP contribution < -0.4 is 4.90 Å². The van der Waals surface area contributed by atoms with Crippen molar-refractivity contribution in [3.8, 4) is 39.1 Å². The molecule has 1 aliphatic carbocycles. The summed E-state index contributed by atoms with van der Waals surface area (Å²) in [5.74, 6) is 0. The van der Waals surface area contributed by atoms with Crippen molar-refractivity contribution in [1.82, 2.24) is 4.57 Å². The van der Waals surface area contributed by atoms with E-state index >= 15 is 0 Å². The number of anilines is 3. The lowest BCUT2D eigenvalue weighted by molar-refractivity contribution is 0.660. The van der Waals surface area contributed by atoms with Crippen LogP contribution in [0.5, 0.6) is 0 Å². The van der Waals surface area contributed by atoms with E-state index in [1.54, 1.807) is 0 Å². The summed E-state index contributed by atoms with van der Waals surface area (Å²) in [6.07, 6.45) is 0. The van der Waals surface area contributed by atoms with Crippen LogP contribution in [0.4, 0.5) is 17.1 Å². The van der Waals surface area contributed by atoms with Crippen molar-refractivity contribution >= 4 is 71.6 Å². The molecule has 12 aromatic rings. The van der Waals surface area contributed by atoms with Crippen LogP contribution in [-0.4, -0.2) is 4.57 Å². The molecule has 0 amide bonds. The zero-order valence-corrected chi connectivity index (χ0v) is 35.6. The van der Waals surface area contributed by atoms with Gasteiger partial charge in [-0.25, -0.2) is 0 Å². The zero-order valence-electron chi connectivity index (χ0n) is 35.6. The minimum Gasteiger partial charge on any atom is -0.455 e. The quantitative estimate of drug-likeness (QED) is 0.167. The third-order valence-corrected chi connectivity index (χ3v) is 13.8. The van der Waals surface area contributed by atoms with Crippen molar-refractivity contribution in [2.75, 3.05) is 4.90 Å². The number of rotatable bonds is 6. The molecular formula is C61H42N2O. The second kappa shape index (κ2) is 13.9. The first-order valence-electron chi connectivity index (χ1n) is 22.2. The smallest absolute Gasteiger partial charge is 0.145 e. The van der Waals surface area contributed by atoms with Crippen LogP contribution in [-0.2, 0) is 5.41 Å². The summed E-state index contributed by atoms with van der Waals surface area (Å²) in [5, 5.41) is 7.06. The van der Waals surface area contributed by atoms with Crippen LogP contribution in [0.25, 0.3) is 93.6 Å². The summed E-state index contributed by atoms with van der Waals surface area (Å²) < 4.78 is 9.36. The third kappa shape index (κ3) is 5.47. The lowest BCUT2D eigenvalue weighted by Crippen LogP contribution is -2.14. The second-order valence-electron chi connectivity index (χ2n) is 17.7. The summed E-state index contributed by atoms with van der Waals surface area (Å²) in [6.45, 7) is 4.70. The van der Waals surface area contributed by atoms with Gasteiger partial charge in [0.25, 0.3) is 0 Å². The average Bonchev–Trinajstić information content (AvgIpc) is 3.97. The Hall–Kier alpha value is -8.14. The van der Waals surface area contributed by atoms with Gasteiger partial charge in [0.2, 0.25) is 0 Å². The summed E-state index contributed by atoms with van der Waals surface area (Å²) in [5.41, 5.74) is 18.2. The maximum absolute atomic E-state index is 6.96. The van der Waals surface area contributed by atoms with Gasteiger partial charge < -0.3 is 13.9 Å². The first-order valence-corrected chi connectivity index (χ1v) is 22.2. The van der Waals surface area contributed by atoms with Crippen LogP contribution in [0, 0.1) is 0 Å². The lowest BCUT2D eigenvalue weighted by Gasteiger charge is -2.28. The molecule has 10 aromatic carbocycles. The molecule has 3 heteroatoms. The normalized spacial score (nSPS) is 13.0. The average molecular weight is 819 g/mol. The van der Waals surface area contributed by atoms with E-state index in [-0.39, 0.29) is 5.41 Å². The molecule has 2 heterocycles. The fourth-order valence-electron chi connectivity index (χ4n) is 10.7. The summed E-state index contributed by atoms with van der Waals surface area (Å²) in [7, 11) is 0. The van der Waals surface area contributed by atoms with Crippen LogP contribution in [0.15, 0.2) is 223 Å². The maximum Gasteiger partial charge on any atom is 0.145 e. The fourth-order valence-corrected chi connectivity index (χ4v) is 10.7. The standard InChI is InChI=1S/C61H42N2O/c1-61(2)53-22-9-5-18-47(53)48-33-29-42(38-54(48)61)40-26-30-44(31-27-40)62(46-32-28-39-14-3-4-15-41(39)36-46)57-35-34-52-51-21-8-12-25-58(51)64-60(52)59(57)43-16-13-17-45(37-43)63-55-23-10-6-19-49(55)50-20-7-11-24-56(50)63/h3-38H,1-2H3. The Bertz CT molecular complexity index is 3770. The molecule has 0 spiro atoms. The Morgan fingerprint density at radius 1 is 0.422 bits per heavy atom. The molecule has 0 atom stereocenters. The third-order valence-electron chi connectivity index (χ3n) is 13.8. The molecule has 0 unspecified atom stereocenters. The second-order valence-corrected chi connectivity index (χ2v) is 17.7. The highest BCUT2D eigenvalue weighted by molar-refractivity contribution is 6.14. The lowest BCUT2D eigenvalue weighted by atomic mass is 9.81. The van der Waals surface area contributed by atoms with E-state index in [1.165, 1.54) is 66.0 Å². The molecule has 0 fully saturated rings. The fraction of sp³-hybridized carbons (Fsp3) is 0.0492. The minimum absolute atomic E-state index is 0.0701. The van der Waals surface area contributed by atoms with Crippen LogP contribution in [0.1, 0.15) is 25.0 Å². The van der Waals surface area contributed by atoms with Gasteiger partial charge in [-0.3, -0.25) is 0 Å². The SMILES string of the molecule is CC1(C)c2ccccc2-c2ccc(-c3ccc(N(c4ccc5ccccc5c4)c4ccc5c(oc6ccccc65)c4-c4cccc(-n5c6ccccc6c6ccccc65)c4)cc3)cc21. The van der Waals surface area contributed by atoms with Gasteiger partial charge in [0, 0.05) is 49.6 Å². The molecular weight excluding hydrogens is 777 g/mol. The minimum atomic E-state index is -0.0701. The number of nitrogens with zero attached hydrogens (tertiary/aromatic N) is 2. The number of fused-ring (bicyclic) bond motifs is 10. The van der Waals surface area contributed by atoms with Crippen molar-refractivity contribution in [3.63, 3.8) is 0 Å². The number of benzene rings is 10. The summed E-state index contributed by atoms with van der Waals surface area (Å²) in [6, 6.07) is 79.7. The van der Waals surface area contributed by atoms with Gasteiger partial charge in [0.15, 0.2) is 0 Å². The first kappa shape index (κ1) is 36.5. The van der Waals surface area contributed by atoms with Crippen molar-refractivity contribution in [2.24, 2.45) is 0 Å². The predicted octanol–water partition coefficient (Wildman–Crippen LogP) is 16.9. The van der Waals surface area contributed by atoms with Crippen molar-refractivity contribution in [1.29, 1.82) is 0 Å². The molecule has 64 heavy (non-hydrogen) atoms. The number of para-hydroxylation sites is 3. The van der Waals surface area contributed by atoms with Gasteiger partial charge >= 0.3 is 0 Å². The Morgan fingerprint density at radius 3 is 1.89 bits per heavy atom. The topological polar surface area (TPSA) is 21.3 Å². The molecule has 3 nitrogen and oxygen atoms in total. The molecule has 0 aliphatic heterocycles. The van der Waals surface area contributed by atoms with Crippen LogP contribution >= 0.6 is 0 Å². The van der Waals surface area contributed by atoms with Gasteiger partial charge in [-0.1, -0.05) is 159 Å². The number of aromatic nitrogens is 1. The molecule has 0 N–H and O–H groups in total. The van der Waals surface area contributed by atoms with Crippen molar-refractivity contribution in [2.45, 2.75) is 19.3 Å². The van der Waals surface area contributed by atoms with E-state index in [1.807, 2.05) is 0 Å². The number of hydrogen-bond acceptors (Lipinski definition) is 2. The molecule has 0 bridgehead atoms. The van der Waals surface area contributed by atoms with E-state index in [9.17, 15) is 0 Å². The van der Waals surface area contributed by atoms with E-state index in [0.717, 1.165) is 55.8 Å². The van der Waals surface area contributed by atoms with Crippen molar-refractivity contribution < 1.29 is 4.42 Å². The highest BCUT2D eigenvalue weighted by atomic mass is 16.3. The van der Waals surface area contributed by atoms with Crippen LogP contribution in [0.2, 0.25) is 0 Å². The highest BCUT2D eigenvalue weighted by Gasteiger charge is 2.35. The van der Waals surface area contributed by atoms with Gasteiger partial charge in [-0.05, 0) is 123 Å². The Balaban J connectivity index is 1.02. The molecule has 0 radical (unpaired) electrons. The molecule has 13 rings (SSSR count). The highest BCUT2D eigenvalue weighted by Crippen LogP contribution is 2.51. The van der Waals surface area contributed by atoms with E-state index in [2.05, 4.69) is 242 Å².